The van der Waals surface area contributed by atoms with Crippen LogP contribution in [0.5, 0.6) is 0 Å². The van der Waals surface area contributed by atoms with Crippen LogP contribution < -0.4 is 5.32 Å². The van der Waals surface area contributed by atoms with Gasteiger partial charge in [-0.05, 0) is 67.3 Å². The molecular weight excluding hydrogens is 485 g/mol. The van der Waals surface area contributed by atoms with E-state index in [4.69, 9.17) is 10.1 Å². The SMILES string of the molecule is CCCC(c1ccc(C(=O)NCCC(=O)O)cc1)N1C(=O)C(c2cccc(F)c2)=NC12CCC(C)(C)CC2. The minimum absolute atomic E-state index is 0.0513. The Hall–Kier alpha value is -3.55. The predicted octanol–water partition coefficient (Wildman–Crippen LogP) is 5.50. The van der Waals surface area contributed by atoms with Crippen molar-refractivity contribution < 1.29 is 23.9 Å². The van der Waals surface area contributed by atoms with Crippen molar-refractivity contribution in [1.82, 2.24) is 10.2 Å². The number of amides is 2. The van der Waals surface area contributed by atoms with Gasteiger partial charge in [-0.1, -0.05) is 51.5 Å². The van der Waals surface area contributed by atoms with E-state index in [9.17, 15) is 18.8 Å². The molecule has 202 valence electrons. The van der Waals surface area contributed by atoms with Gasteiger partial charge in [0, 0.05) is 17.7 Å². The van der Waals surface area contributed by atoms with Crippen LogP contribution in [-0.4, -0.2) is 45.7 Å². The highest BCUT2D eigenvalue weighted by Crippen LogP contribution is 2.49. The first-order chi connectivity index (χ1) is 18.0. The maximum Gasteiger partial charge on any atom is 0.305 e. The lowest BCUT2D eigenvalue weighted by Gasteiger charge is -2.47. The van der Waals surface area contributed by atoms with Crippen molar-refractivity contribution in [3.8, 4) is 0 Å². The van der Waals surface area contributed by atoms with Gasteiger partial charge in [0.2, 0.25) is 0 Å². The molecule has 1 heterocycles. The minimum atomic E-state index is -0.974. The number of aliphatic imine (C=N–C) groups is 1. The average Bonchev–Trinajstić information content (AvgIpc) is 3.16. The lowest BCUT2D eigenvalue weighted by atomic mass is 9.72. The van der Waals surface area contributed by atoms with Gasteiger partial charge in [0.25, 0.3) is 11.8 Å². The van der Waals surface area contributed by atoms with Crippen LogP contribution in [0.15, 0.2) is 53.5 Å². The molecule has 1 aliphatic heterocycles. The molecule has 2 N–H and O–H groups in total. The molecule has 1 saturated carbocycles. The van der Waals surface area contributed by atoms with Gasteiger partial charge in [0.1, 0.15) is 17.2 Å². The molecule has 1 spiro atoms. The molecule has 2 aromatic carbocycles. The second-order valence-corrected chi connectivity index (χ2v) is 11.1. The monoisotopic (exact) mass is 521 g/mol. The Balaban J connectivity index is 1.67. The van der Waals surface area contributed by atoms with Gasteiger partial charge >= 0.3 is 5.97 Å². The summed E-state index contributed by atoms with van der Waals surface area (Å²) < 4.78 is 14.1. The Kier molecular flexibility index (Phi) is 7.99. The number of halogens is 1. The van der Waals surface area contributed by atoms with E-state index in [1.54, 1.807) is 24.3 Å². The summed E-state index contributed by atoms with van der Waals surface area (Å²) in [5.74, 6) is -1.91. The summed E-state index contributed by atoms with van der Waals surface area (Å²) in [6.45, 7) is 6.60. The molecular formula is C30H36FN3O4. The number of carboxylic acids is 1. The maximum absolute atomic E-state index is 14.1. The highest BCUT2D eigenvalue weighted by atomic mass is 19.1. The number of carbonyl (C=O) groups is 3. The summed E-state index contributed by atoms with van der Waals surface area (Å²) >= 11 is 0. The quantitative estimate of drug-likeness (QED) is 0.455. The molecule has 0 aromatic heterocycles. The van der Waals surface area contributed by atoms with Crippen LogP contribution >= 0.6 is 0 Å². The third-order valence-corrected chi connectivity index (χ3v) is 7.75. The summed E-state index contributed by atoms with van der Waals surface area (Å²) in [5.41, 5.74) is 1.59. The topological polar surface area (TPSA) is 99.1 Å². The van der Waals surface area contributed by atoms with Gasteiger partial charge < -0.3 is 15.3 Å². The van der Waals surface area contributed by atoms with E-state index in [2.05, 4.69) is 26.1 Å². The third kappa shape index (κ3) is 5.79. The number of aliphatic carboxylic acids is 1. The van der Waals surface area contributed by atoms with Gasteiger partial charge in [0.05, 0.1) is 12.5 Å². The summed E-state index contributed by atoms with van der Waals surface area (Å²) in [6, 6.07) is 12.9. The fourth-order valence-electron chi connectivity index (χ4n) is 5.51. The number of benzene rings is 2. The highest BCUT2D eigenvalue weighted by molar-refractivity contribution is 6.46. The second-order valence-electron chi connectivity index (χ2n) is 11.1. The standard InChI is InChI=1S/C30H36FN3O4/c1-4-6-24(20-9-11-21(12-10-20)27(37)32-18-13-25(35)36)34-28(38)26(22-7-5-8-23(31)19-22)33-30(34)16-14-29(2,3)15-17-30/h5,7-12,19,24H,4,6,13-18H2,1-3H3,(H,32,37)(H,35,36). The zero-order valence-corrected chi connectivity index (χ0v) is 22.3. The fraction of sp³-hybridized carbons (Fsp3) is 0.467. The summed E-state index contributed by atoms with van der Waals surface area (Å²) in [7, 11) is 0. The first-order valence-electron chi connectivity index (χ1n) is 13.3. The van der Waals surface area contributed by atoms with Crippen molar-refractivity contribution in [3.63, 3.8) is 0 Å². The Bertz CT molecular complexity index is 1230. The maximum atomic E-state index is 14.1. The molecule has 2 aliphatic rings. The number of carboxylic acid groups (broad SMARTS) is 1. The van der Waals surface area contributed by atoms with E-state index in [0.717, 1.165) is 37.7 Å². The molecule has 0 radical (unpaired) electrons. The highest BCUT2D eigenvalue weighted by Gasteiger charge is 2.52. The smallest absolute Gasteiger partial charge is 0.305 e. The molecule has 1 unspecified atom stereocenters. The molecule has 1 atom stereocenters. The Labute approximate surface area is 223 Å². The van der Waals surface area contributed by atoms with Gasteiger partial charge in [-0.25, -0.2) is 4.39 Å². The van der Waals surface area contributed by atoms with Crippen molar-refractivity contribution in [2.75, 3.05) is 6.54 Å². The summed E-state index contributed by atoms with van der Waals surface area (Å²) in [6.07, 6.45) is 4.71. The van der Waals surface area contributed by atoms with Crippen molar-refractivity contribution in [2.24, 2.45) is 10.4 Å². The zero-order valence-electron chi connectivity index (χ0n) is 22.3. The zero-order chi connectivity index (χ0) is 27.5. The number of nitrogens with zero attached hydrogens (tertiary/aromatic N) is 2. The minimum Gasteiger partial charge on any atom is -0.481 e. The molecule has 7 nitrogen and oxygen atoms in total. The van der Waals surface area contributed by atoms with E-state index >= 15 is 0 Å². The predicted molar refractivity (Wildman–Crippen MR) is 143 cm³/mol. The Morgan fingerprint density at radius 2 is 1.79 bits per heavy atom. The molecule has 2 amide bonds. The fourth-order valence-corrected chi connectivity index (χ4v) is 5.51. The lowest BCUT2D eigenvalue weighted by molar-refractivity contribution is -0.137. The van der Waals surface area contributed by atoms with Crippen LogP contribution in [-0.2, 0) is 9.59 Å². The molecule has 0 saturated heterocycles. The Morgan fingerprint density at radius 3 is 2.39 bits per heavy atom. The van der Waals surface area contributed by atoms with Crippen LogP contribution in [0.4, 0.5) is 4.39 Å². The molecule has 8 heteroatoms. The molecule has 1 fully saturated rings. The number of nitrogens with one attached hydrogen (secondary N) is 1. The summed E-state index contributed by atoms with van der Waals surface area (Å²) in [4.78, 5) is 44.2. The number of hydrogen-bond acceptors (Lipinski definition) is 4. The Morgan fingerprint density at radius 1 is 1.11 bits per heavy atom. The van der Waals surface area contributed by atoms with Gasteiger partial charge in [-0.15, -0.1) is 0 Å². The lowest BCUT2D eigenvalue weighted by Crippen LogP contribution is -2.51. The van der Waals surface area contributed by atoms with E-state index < -0.39 is 17.4 Å². The van der Waals surface area contributed by atoms with Gasteiger partial charge in [-0.3, -0.25) is 19.4 Å². The molecule has 0 bridgehead atoms. The van der Waals surface area contributed by atoms with E-state index in [1.165, 1.54) is 12.1 Å². The van der Waals surface area contributed by atoms with Crippen molar-refractivity contribution in [1.29, 1.82) is 0 Å². The van der Waals surface area contributed by atoms with E-state index in [1.807, 2.05) is 17.0 Å². The second kappa shape index (κ2) is 11.1. The molecule has 1 aliphatic carbocycles. The van der Waals surface area contributed by atoms with Crippen molar-refractivity contribution in [2.45, 2.75) is 77.4 Å². The first kappa shape index (κ1) is 27.5. The van der Waals surface area contributed by atoms with Gasteiger partial charge in [-0.2, -0.15) is 0 Å². The van der Waals surface area contributed by atoms with Crippen molar-refractivity contribution >= 4 is 23.5 Å². The molecule has 2 aromatic rings. The van der Waals surface area contributed by atoms with E-state index in [-0.39, 0.29) is 36.2 Å². The van der Waals surface area contributed by atoms with Crippen LogP contribution in [0.2, 0.25) is 0 Å². The van der Waals surface area contributed by atoms with Crippen LogP contribution in [0.25, 0.3) is 0 Å². The summed E-state index contributed by atoms with van der Waals surface area (Å²) in [5, 5.41) is 11.4. The number of rotatable bonds is 9. The van der Waals surface area contributed by atoms with E-state index in [0.29, 0.717) is 23.3 Å². The molecule has 4 rings (SSSR count). The third-order valence-electron chi connectivity index (χ3n) is 7.75. The van der Waals surface area contributed by atoms with Gasteiger partial charge in [0.15, 0.2) is 0 Å². The largest absolute Gasteiger partial charge is 0.481 e. The van der Waals surface area contributed by atoms with Crippen LogP contribution in [0.3, 0.4) is 0 Å². The molecule has 38 heavy (non-hydrogen) atoms. The van der Waals surface area contributed by atoms with Crippen LogP contribution in [0, 0.1) is 11.2 Å². The number of hydrogen-bond donors (Lipinski definition) is 2. The van der Waals surface area contributed by atoms with Crippen LogP contribution in [0.1, 0.15) is 93.2 Å². The average molecular weight is 522 g/mol. The normalized spacial score (nSPS) is 18.8. The first-order valence-corrected chi connectivity index (χ1v) is 13.3. The number of carbonyl (C=O) groups excluding carboxylic acids is 2. The van der Waals surface area contributed by atoms with Crippen molar-refractivity contribution in [3.05, 3.63) is 71.0 Å².